The van der Waals surface area contributed by atoms with E-state index >= 15 is 0 Å². The van der Waals surface area contributed by atoms with E-state index in [2.05, 4.69) is 35.7 Å². The molecule has 0 spiro atoms. The zero-order chi connectivity index (χ0) is 21.2. The highest BCUT2D eigenvalue weighted by Crippen LogP contribution is 2.34. The van der Waals surface area contributed by atoms with Crippen LogP contribution in [0.2, 0.25) is 5.15 Å². The van der Waals surface area contributed by atoms with Crippen LogP contribution in [-0.2, 0) is 7.05 Å². The van der Waals surface area contributed by atoms with Gasteiger partial charge in [-0.15, -0.1) is 10.2 Å². The normalized spacial score (nSPS) is 12.7. The Bertz CT molecular complexity index is 1060. The van der Waals surface area contributed by atoms with Crippen LogP contribution in [0.25, 0.3) is 11.4 Å². The molecule has 0 fully saturated rings. The average molecular weight is 379 g/mol. The van der Waals surface area contributed by atoms with E-state index in [1.807, 2.05) is 5.32 Å². The third kappa shape index (κ3) is 3.37. The first kappa shape index (κ1) is 13.9. The van der Waals surface area contributed by atoms with Crippen LogP contribution in [0, 0.1) is 0 Å². The van der Waals surface area contributed by atoms with E-state index in [1.165, 1.54) is 30.5 Å². The van der Waals surface area contributed by atoms with Crippen LogP contribution >= 0.6 is 11.6 Å². The van der Waals surface area contributed by atoms with E-state index in [1.54, 1.807) is 7.05 Å². The predicted molar refractivity (Wildman–Crippen MR) is 92.3 cm³/mol. The second-order valence-electron chi connectivity index (χ2n) is 4.83. The van der Waals surface area contributed by atoms with Crippen LogP contribution in [0.3, 0.4) is 0 Å². The summed E-state index contributed by atoms with van der Waals surface area (Å²) in [4.78, 5) is 21.9. The minimum absolute atomic E-state index is 0.0277. The smallest absolute Gasteiger partial charge is 0.273 e. The Kier molecular flexibility index (Phi) is 3.89. The zero-order valence-electron chi connectivity index (χ0n) is 16.6. The maximum atomic E-state index is 12.3. The molecular formula is C14H14ClN9O2. The van der Waals surface area contributed by atoms with E-state index in [4.69, 9.17) is 20.5 Å². The highest BCUT2D eigenvalue weighted by Gasteiger charge is 2.20. The summed E-state index contributed by atoms with van der Waals surface area (Å²) in [5.41, 5.74) is 0.543. The quantitative estimate of drug-likeness (QED) is 0.662. The average Bonchev–Trinajstić information content (AvgIpc) is 3.06. The number of amides is 1. The lowest BCUT2D eigenvalue weighted by Crippen LogP contribution is -2.21. The van der Waals surface area contributed by atoms with Crippen molar-refractivity contribution in [1.29, 1.82) is 0 Å². The first-order valence-electron chi connectivity index (χ1n) is 8.56. The Hall–Kier alpha value is -3.34. The number of carbonyl (C=O) groups excluding carboxylic acids is 1. The fourth-order valence-electron chi connectivity index (χ4n) is 2.11. The summed E-state index contributed by atoms with van der Waals surface area (Å²) in [6.45, 7) is -2.71. The lowest BCUT2D eigenvalue weighted by Gasteiger charge is -2.13. The predicted octanol–water partition coefficient (Wildman–Crippen LogP) is 0.827. The molecule has 3 aromatic heterocycles. The molecule has 134 valence electrons. The molecule has 0 aliphatic rings. The number of hydrogen-bond donors (Lipinski definition) is 2. The fraction of sp³-hybridized carbons (Fsp3) is 0.214. The molecule has 0 aliphatic heterocycles. The SMILES string of the molecule is [2H]C([2H])([2H])NC(=O)c1nnc(Cl)cc1Nc1ncnc(-c2cnn(C)n2)c1OC. The maximum Gasteiger partial charge on any atom is 0.273 e. The molecule has 0 atom stereocenters. The van der Waals surface area contributed by atoms with Crippen LogP contribution in [0.4, 0.5) is 11.5 Å². The summed E-state index contributed by atoms with van der Waals surface area (Å²) in [5.74, 6) is -0.600. The second kappa shape index (κ2) is 7.27. The Morgan fingerprint density at radius 1 is 1.38 bits per heavy atom. The van der Waals surface area contributed by atoms with Crippen molar-refractivity contribution in [2.45, 2.75) is 0 Å². The lowest BCUT2D eigenvalue weighted by atomic mass is 10.2. The van der Waals surface area contributed by atoms with Crippen LogP contribution in [0.15, 0.2) is 18.6 Å². The number of carbonyl (C=O) groups is 1. The van der Waals surface area contributed by atoms with Crippen molar-refractivity contribution in [3.63, 3.8) is 0 Å². The number of hydrogen-bond acceptors (Lipinski definition) is 9. The Labute approximate surface area is 157 Å². The summed E-state index contributed by atoms with van der Waals surface area (Å²) >= 11 is 5.88. The molecule has 0 bridgehead atoms. The van der Waals surface area contributed by atoms with E-state index in [-0.39, 0.29) is 28.1 Å². The largest absolute Gasteiger partial charge is 0.491 e. The molecule has 0 aliphatic carbocycles. The van der Waals surface area contributed by atoms with Crippen molar-refractivity contribution in [3.8, 4) is 17.1 Å². The first-order valence-corrected chi connectivity index (χ1v) is 7.44. The van der Waals surface area contributed by atoms with Gasteiger partial charge in [0.1, 0.15) is 17.7 Å². The number of rotatable bonds is 5. The molecule has 12 heteroatoms. The molecule has 0 saturated carbocycles. The molecule has 11 nitrogen and oxygen atoms in total. The number of anilines is 2. The summed E-state index contributed by atoms with van der Waals surface area (Å²) < 4.78 is 27.0. The van der Waals surface area contributed by atoms with E-state index in [0.29, 0.717) is 11.4 Å². The van der Waals surface area contributed by atoms with Gasteiger partial charge in [0.25, 0.3) is 5.91 Å². The highest BCUT2D eigenvalue weighted by atomic mass is 35.5. The molecule has 3 aromatic rings. The molecule has 3 rings (SSSR count). The van der Waals surface area contributed by atoms with E-state index in [0.717, 1.165) is 0 Å². The van der Waals surface area contributed by atoms with Gasteiger partial charge in [-0.1, -0.05) is 11.6 Å². The van der Waals surface area contributed by atoms with Gasteiger partial charge in [-0.2, -0.15) is 15.0 Å². The van der Waals surface area contributed by atoms with Crippen LogP contribution in [0.1, 0.15) is 14.6 Å². The Morgan fingerprint density at radius 3 is 2.92 bits per heavy atom. The van der Waals surface area contributed by atoms with Gasteiger partial charge in [-0.25, -0.2) is 9.97 Å². The standard InChI is InChI=1S/C14H14ClN9O2/c1-16-14(25)11-7(4-9(15)21-22-11)20-13-12(26-3)10(17-6-18-13)8-5-19-24(2)23-8/h4-6H,1-3H3,(H,16,25)(H,17,18,20,21)/i1D3. The summed E-state index contributed by atoms with van der Waals surface area (Å²) in [6, 6.07) is 1.30. The number of halogens is 1. The number of aryl methyl sites for hydroxylation is 1. The van der Waals surface area contributed by atoms with Crippen LogP contribution < -0.4 is 15.4 Å². The third-order valence-electron chi connectivity index (χ3n) is 3.20. The Balaban J connectivity index is 2.02. The zero-order valence-corrected chi connectivity index (χ0v) is 14.3. The van der Waals surface area contributed by atoms with Gasteiger partial charge in [0.15, 0.2) is 22.4 Å². The van der Waals surface area contributed by atoms with Crippen molar-refractivity contribution < 1.29 is 13.6 Å². The molecule has 0 aromatic carbocycles. The molecule has 3 heterocycles. The van der Waals surface area contributed by atoms with Gasteiger partial charge < -0.3 is 15.4 Å². The van der Waals surface area contributed by atoms with Crippen LogP contribution in [0.5, 0.6) is 5.75 Å². The van der Waals surface area contributed by atoms with Crippen molar-refractivity contribution in [3.05, 3.63) is 29.4 Å². The maximum absolute atomic E-state index is 12.3. The lowest BCUT2D eigenvalue weighted by molar-refractivity contribution is 0.0958. The van der Waals surface area contributed by atoms with Gasteiger partial charge in [0, 0.05) is 24.2 Å². The highest BCUT2D eigenvalue weighted by molar-refractivity contribution is 6.29. The van der Waals surface area contributed by atoms with E-state index < -0.39 is 12.9 Å². The molecule has 0 unspecified atom stereocenters. The van der Waals surface area contributed by atoms with Crippen LogP contribution in [-0.4, -0.2) is 55.2 Å². The summed E-state index contributed by atoms with van der Waals surface area (Å²) in [7, 11) is 3.06. The minimum Gasteiger partial charge on any atom is -0.491 e. The fourth-order valence-corrected chi connectivity index (χ4v) is 2.26. The summed E-state index contributed by atoms with van der Waals surface area (Å²) in [5, 5.41) is 20.1. The van der Waals surface area contributed by atoms with Gasteiger partial charge in [0.2, 0.25) is 0 Å². The first-order chi connectivity index (χ1) is 13.7. The molecule has 1 amide bonds. The molecule has 2 N–H and O–H groups in total. The molecular weight excluding hydrogens is 362 g/mol. The topological polar surface area (TPSA) is 133 Å². The van der Waals surface area contributed by atoms with E-state index in [9.17, 15) is 4.79 Å². The number of methoxy groups -OCH3 is 1. The molecule has 26 heavy (non-hydrogen) atoms. The second-order valence-corrected chi connectivity index (χ2v) is 5.22. The minimum atomic E-state index is -2.71. The number of aromatic nitrogens is 7. The number of nitrogens with zero attached hydrogens (tertiary/aromatic N) is 7. The monoisotopic (exact) mass is 378 g/mol. The van der Waals surface area contributed by atoms with Crippen molar-refractivity contribution >= 4 is 29.0 Å². The van der Waals surface area contributed by atoms with Gasteiger partial charge in [-0.05, 0) is 0 Å². The molecule has 0 radical (unpaired) electrons. The van der Waals surface area contributed by atoms with Gasteiger partial charge >= 0.3 is 0 Å². The number of ether oxygens (including phenoxy) is 1. The Morgan fingerprint density at radius 2 is 2.23 bits per heavy atom. The van der Waals surface area contributed by atoms with Crippen molar-refractivity contribution in [1.82, 2.24) is 40.5 Å². The summed E-state index contributed by atoms with van der Waals surface area (Å²) in [6.07, 6.45) is 2.75. The van der Waals surface area contributed by atoms with Gasteiger partial charge in [-0.3, -0.25) is 4.79 Å². The van der Waals surface area contributed by atoms with Gasteiger partial charge in [0.05, 0.1) is 19.0 Å². The number of nitrogens with one attached hydrogen (secondary N) is 2. The van der Waals surface area contributed by atoms with Crippen molar-refractivity contribution in [2.24, 2.45) is 7.05 Å². The van der Waals surface area contributed by atoms with Crippen molar-refractivity contribution in [2.75, 3.05) is 19.4 Å². The molecule has 0 saturated heterocycles. The third-order valence-corrected chi connectivity index (χ3v) is 3.38.